The van der Waals surface area contributed by atoms with Gasteiger partial charge in [-0.1, -0.05) is 12.5 Å². The Balaban J connectivity index is 1.73. The number of nitrogens with one attached hydrogen (secondary N) is 2. The van der Waals surface area contributed by atoms with Crippen LogP contribution in [0.5, 0.6) is 0 Å². The third kappa shape index (κ3) is 2.63. The van der Waals surface area contributed by atoms with E-state index in [1.165, 1.54) is 18.9 Å². The molecule has 1 aromatic rings. The summed E-state index contributed by atoms with van der Waals surface area (Å²) in [5.41, 5.74) is 1.11. The Kier molecular flexibility index (Phi) is 3.63. The van der Waals surface area contributed by atoms with Gasteiger partial charge in [0.2, 0.25) is 5.91 Å². The normalized spacial score (nSPS) is 27.4. The maximum Gasteiger partial charge on any atom is 0.274 e. The van der Waals surface area contributed by atoms with Crippen molar-refractivity contribution in [2.75, 3.05) is 11.9 Å². The highest BCUT2D eigenvalue weighted by Gasteiger charge is 2.42. The van der Waals surface area contributed by atoms with Gasteiger partial charge in [0.1, 0.15) is 0 Å². The number of hydrogen-bond donors (Lipinski definition) is 2. The Hall–Kier alpha value is -1.95. The number of aryl methyl sites for hydroxylation is 1. The van der Waals surface area contributed by atoms with Gasteiger partial charge in [0.05, 0.1) is 11.0 Å². The number of anilines is 1. The number of nitro groups is 1. The van der Waals surface area contributed by atoms with Crippen molar-refractivity contribution in [2.24, 2.45) is 11.8 Å². The predicted octanol–water partition coefficient (Wildman–Crippen LogP) is 2.23. The fourth-order valence-electron chi connectivity index (χ4n) is 3.58. The zero-order valence-corrected chi connectivity index (χ0v) is 12.0. The lowest BCUT2D eigenvalue weighted by molar-refractivity contribution is -0.385. The van der Waals surface area contributed by atoms with E-state index < -0.39 is 4.92 Å². The van der Waals surface area contributed by atoms with E-state index in [9.17, 15) is 14.9 Å². The molecule has 0 aromatic heterocycles. The first-order valence-electron chi connectivity index (χ1n) is 7.35. The molecule has 1 aliphatic heterocycles. The third-order valence-corrected chi connectivity index (χ3v) is 4.70. The molecule has 21 heavy (non-hydrogen) atoms. The molecule has 1 heterocycles. The SMILES string of the molecule is Cc1ccc(NC(=O)C2NCC3CCCC32)cc1[N+](=O)[O-]. The van der Waals surface area contributed by atoms with Crippen LogP contribution in [0, 0.1) is 28.9 Å². The van der Waals surface area contributed by atoms with E-state index in [1.54, 1.807) is 19.1 Å². The van der Waals surface area contributed by atoms with Gasteiger partial charge in [-0.3, -0.25) is 14.9 Å². The number of carbonyl (C=O) groups is 1. The molecule has 1 aromatic carbocycles. The smallest absolute Gasteiger partial charge is 0.274 e. The van der Waals surface area contributed by atoms with Crippen LogP contribution in [-0.4, -0.2) is 23.4 Å². The van der Waals surface area contributed by atoms with Crippen molar-refractivity contribution in [2.45, 2.75) is 32.2 Å². The van der Waals surface area contributed by atoms with Crippen LogP contribution >= 0.6 is 0 Å². The second kappa shape index (κ2) is 5.44. The number of nitrogens with zero attached hydrogens (tertiary/aromatic N) is 1. The van der Waals surface area contributed by atoms with Gasteiger partial charge < -0.3 is 10.6 Å². The maximum atomic E-state index is 12.4. The number of fused-ring (bicyclic) bond motifs is 1. The summed E-state index contributed by atoms with van der Waals surface area (Å²) in [5, 5.41) is 17.0. The highest BCUT2D eigenvalue weighted by Crippen LogP contribution is 2.38. The number of amides is 1. The van der Waals surface area contributed by atoms with Crippen LogP contribution < -0.4 is 10.6 Å². The predicted molar refractivity (Wildman–Crippen MR) is 79.1 cm³/mol. The van der Waals surface area contributed by atoms with Crippen molar-refractivity contribution in [1.82, 2.24) is 5.32 Å². The minimum atomic E-state index is -0.425. The van der Waals surface area contributed by atoms with E-state index in [0.29, 0.717) is 23.1 Å². The van der Waals surface area contributed by atoms with Crippen LogP contribution in [-0.2, 0) is 4.79 Å². The van der Waals surface area contributed by atoms with Gasteiger partial charge >= 0.3 is 0 Å². The maximum absolute atomic E-state index is 12.4. The van der Waals surface area contributed by atoms with Gasteiger partial charge in [-0.2, -0.15) is 0 Å². The molecule has 2 fully saturated rings. The van der Waals surface area contributed by atoms with Gasteiger partial charge in [-0.15, -0.1) is 0 Å². The number of benzene rings is 1. The van der Waals surface area contributed by atoms with Gasteiger partial charge in [-0.05, 0) is 44.2 Å². The minimum absolute atomic E-state index is 0.0333. The molecule has 1 aliphatic carbocycles. The first-order valence-corrected chi connectivity index (χ1v) is 7.35. The standard InChI is InChI=1S/C15H19N3O3/c1-9-5-6-11(7-13(9)18(20)21)17-15(19)14-12-4-2-3-10(12)8-16-14/h5-7,10,12,14,16H,2-4,8H2,1H3,(H,17,19). The lowest BCUT2D eigenvalue weighted by atomic mass is 9.93. The fourth-order valence-corrected chi connectivity index (χ4v) is 3.58. The lowest BCUT2D eigenvalue weighted by Gasteiger charge is -2.17. The summed E-state index contributed by atoms with van der Waals surface area (Å²) in [6.07, 6.45) is 3.47. The molecule has 1 amide bonds. The Labute approximate surface area is 123 Å². The molecule has 2 N–H and O–H groups in total. The van der Waals surface area contributed by atoms with Crippen LogP contribution in [0.1, 0.15) is 24.8 Å². The molecule has 3 unspecified atom stereocenters. The molecule has 0 spiro atoms. The van der Waals surface area contributed by atoms with Crippen molar-refractivity contribution < 1.29 is 9.72 Å². The summed E-state index contributed by atoms with van der Waals surface area (Å²) >= 11 is 0. The van der Waals surface area contributed by atoms with Crippen LogP contribution in [0.25, 0.3) is 0 Å². The highest BCUT2D eigenvalue weighted by atomic mass is 16.6. The molecule has 3 rings (SSSR count). The quantitative estimate of drug-likeness (QED) is 0.660. The second-order valence-corrected chi connectivity index (χ2v) is 5.99. The molecule has 0 bridgehead atoms. The van der Waals surface area contributed by atoms with Crippen LogP contribution in [0.2, 0.25) is 0 Å². The number of nitro benzene ring substituents is 1. The molecule has 3 atom stereocenters. The molecule has 0 radical (unpaired) electrons. The van der Waals surface area contributed by atoms with Crippen LogP contribution in [0.4, 0.5) is 11.4 Å². The van der Waals surface area contributed by atoms with E-state index in [1.807, 2.05) is 0 Å². The monoisotopic (exact) mass is 289 g/mol. The zero-order chi connectivity index (χ0) is 15.0. The molecular formula is C15H19N3O3. The van der Waals surface area contributed by atoms with Crippen molar-refractivity contribution in [1.29, 1.82) is 0 Å². The van der Waals surface area contributed by atoms with Gasteiger partial charge in [0.25, 0.3) is 5.69 Å². The third-order valence-electron chi connectivity index (χ3n) is 4.70. The number of carbonyl (C=O) groups excluding carboxylic acids is 1. The van der Waals surface area contributed by atoms with Crippen molar-refractivity contribution in [3.8, 4) is 0 Å². The molecule has 6 heteroatoms. The topological polar surface area (TPSA) is 84.3 Å². The first kappa shape index (κ1) is 14.0. The summed E-state index contributed by atoms with van der Waals surface area (Å²) in [7, 11) is 0. The highest BCUT2D eigenvalue weighted by molar-refractivity contribution is 5.95. The largest absolute Gasteiger partial charge is 0.324 e. The Morgan fingerprint density at radius 3 is 3.00 bits per heavy atom. The van der Waals surface area contributed by atoms with Crippen LogP contribution in [0.15, 0.2) is 18.2 Å². The number of rotatable bonds is 3. The molecule has 1 saturated carbocycles. The summed E-state index contributed by atoms with van der Waals surface area (Å²) in [6.45, 7) is 2.59. The minimum Gasteiger partial charge on any atom is -0.324 e. The van der Waals surface area contributed by atoms with Crippen molar-refractivity contribution in [3.63, 3.8) is 0 Å². The Morgan fingerprint density at radius 2 is 2.24 bits per heavy atom. The zero-order valence-electron chi connectivity index (χ0n) is 12.0. The average Bonchev–Trinajstić information content (AvgIpc) is 3.02. The van der Waals surface area contributed by atoms with Crippen LogP contribution in [0.3, 0.4) is 0 Å². The van der Waals surface area contributed by atoms with Gasteiger partial charge in [0.15, 0.2) is 0 Å². The molecule has 112 valence electrons. The first-order chi connectivity index (χ1) is 10.1. The van der Waals surface area contributed by atoms with E-state index in [0.717, 1.165) is 13.0 Å². The van der Waals surface area contributed by atoms with E-state index in [4.69, 9.17) is 0 Å². The summed E-state index contributed by atoms with van der Waals surface area (Å²) < 4.78 is 0. The summed E-state index contributed by atoms with van der Waals surface area (Å²) in [6, 6.07) is 4.63. The molecule has 1 saturated heterocycles. The average molecular weight is 289 g/mol. The Bertz CT molecular complexity index is 588. The summed E-state index contributed by atoms with van der Waals surface area (Å²) in [5.74, 6) is 0.932. The van der Waals surface area contributed by atoms with Crippen molar-refractivity contribution in [3.05, 3.63) is 33.9 Å². The second-order valence-electron chi connectivity index (χ2n) is 5.99. The van der Waals surface area contributed by atoms with Gasteiger partial charge in [0, 0.05) is 17.3 Å². The summed E-state index contributed by atoms with van der Waals surface area (Å²) in [4.78, 5) is 22.9. The van der Waals surface area contributed by atoms with Gasteiger partial charge in [-0.25, -0.2) is 0 Å². The van der Waals surface area contributed by atoms with E-state index >= 15 is 0 Å². The fraction of sp³-hybridized carbons (Fsp3) is 0.533. The number of hydrogen-bond acceptors (Lipinski definition) is 4. The van der Waals surface area contributed by atoms with E-state index in [2.05, 4.69) is 10.6 Å². The Morgan fingerprint density at radius 1 is 1.43 bits per heavy atom. The lowest BCUT2D eigenvalue weighted by Crippen LogP contribution is -2.39. The molecular weight excluding hydrogens is 270 g/mol. The molecule has 6 nitrogen and oxygen atoms in total. The van der Waals surface area contributed by atoms with E-state index in [-0.39, 0.29) is 17.6 Å². The van der Waals surface area contributed by atoms with Crippen molar-refractivity contribution >= 4 is 17.3 Å². The molecule has 2 aliphatic rings.